The average molecular weight is 292 g/mol. The lowest BCUT2D eigenvalue weighted by Crippen LogP contribution is -2.59. The van der Waals surface area contributed by atoms with Gasteiger partial charge < -0.3 is 10.5 Å². The van der Waals surface area contributed by atoms with Crippen molar-refractivity contribution in [2.45, 2.75) is 50.0 Å². The summed E-state index contributed by atoms with van der Waals surface area (Å²) in [6.07, 6.45) is 4.00. The maximum atomic E-state index is 12.0. The maximum Gasteiger partial charge on any atom is 0.152 e. The van der Waals surface area contributed by atoms with E-state index in [-0.39, 0.29) is 11.4 Å². The molecule has 2 unspecified atom stereocenters. The van der Waals surface area contributed by atoms with Crippen molar-refractivity contribution in [2.75, 3.05) is 33.0 Å². The Morgan fingerprint density at radius 2 is 2.11 bits per heavy atom. The molecular formula is C13H28N2O3S. The topological polar surface area (TPSA) is 72.6 Å². The Hall–Kier alpha value is -0.170. The van der Waals surface area contributed by atoms with E-state index in [0.717, 1.165) is 12.8 Å². The summed E-state index contributed by atoms with van der Waals surface area (Å²) < 4.78 is 29.5. The summed E-state index contributed by atoms with van der Waals surface area (Å²) in [5.74, 6) is 0. The highest BCUT2D eigenvalue weighted by Gasteiger charge is 2.49. The molecule has 1 aliphatic carbocycles. The van der Waals surface area contributed by atoms with Crippen LogP contribution in [0.5, 0.6) is 0 Å². The molecule has 0 aromatic heterocycles. The summed E-state index contributed by atoms with van der Waals surface area (Å²) in [5.41, 5.74) is 5.52. The average Bonchev–Trinajstić information content (AvgIpc) is 2.72. The van der Waals surface area contributed by atoms with E-state index in [1.165, 1.54) is 6.26 Å². The minimum absolute atomic E-state index is 0.191. The van der Waals surface area contributed by atoms with E-state index in [9.17, 15) is 8.42 Å². The van der Waals surface area contributed by atoms with Gasteiger partial charge in [0.15, 0.2) is 9.84 Å². The Bertz CT molecular complexity index is 383. The van der Waals surface area contributed by atoms with Gasteiger partial charge in [-0.15, -0.1) is 0 Å². The summed E-state index contributed by atoms with van der Waals surface area (Å²) in [6, 6.07) is 0. The molecular weight excluding hydrogens is 264 g/mol. The normalized spacial score (nSPS) is 28.5. The summed E-state index contributed by atoms with van der Waals surface area (Å²) >= 11 is 0. The van der Waals surface area contributed by atoms with Gasteiger partial charge in [0, 0.05) is 24.9 Å². The molecule has 0 spiro atoms. The molecule has 6 heteroatoms. The molecule has 0 aliphatic heterocycles. The van der Waals surface area contributed by atoms with Crippen molar-refractivity contribution in [3.63, 3.8) is 0 Å². The summed E-state index contributed by atoms with van der Waals surface area (Å²) in [4.78, 5) is 2.09. The van der Waals surface area contributed by atoms with Gasteiger partial charge in [-0.3, -0.25) is 4.90 Å². The monoisotopic (exact) mass is 292 g/mol. The van der Waals surface area contributed by atoms with Crippen molar-refractivity contribution < 1.29 is 13.2 Å². The third kappa shape index (κ3) is 3.90. The standard InChI is InChI=1S/C13H28N2O3S/c1-11(2)18-9-8-15(3)13(10-14)7-5-6-12(13)19(4,16)17/h11-12H,5-10,14H2,1-4H3. The third-order valence-corrected chi connectivity index (χ3v) is 5.89. The number of nitrogens with zero attached hydrogens (tertiary/aromatic N) is 1. The van der Waals surface area contributed by atoms with Crippen molar-refractivity contribution in [1.82, 2.24) is 4.90 Å². The van der Waals surface area contributed by atoms with Gasteiger partial charge in [-0.2, -0.15) is 0 Å². The predicted molar refractivity (Wildman–Crippen MR) is 78.0 cm³/mol. The first-order valence-corrected chi connectivity index (χ1v) is 8.91. The van der Waals surface area contributed by atoms with E-state index in [0.29, 0.717) is 26.1 Å². The van der Waals surface area contributed by atoms with Crippen molar-refractivity contribution in [1.29, 1.82) is 0 Å². The zero-order valence-electron chi connectivity index (χ0n) is 12.6. The van der Waals surface area contributed by atoms with Gasteiger partial charge in [0.2, 0.25) is 0 Å². The second-order valence-electron chi connectivity index (χ2n) is 5.86. The molecule has 1 fully saturated rings. The number of likely N-dealkylation sites (N-methyl/N-ethyl adjacent to an activating group) is 1. The molecule has 2 atom stereocenters. The Balaban J connectivity index is 2.78. The first-order chi connectivity index (χ1) is 8.74. The first-order valence-electron chi connectivity index (χ1n) is 6.96. The molecule has 0 saturated heterocycles. The van der Waals surface area contributed by atoms with Gasteiger partial charge in [0.25, 0.3) is 0 Å². The molecule has 2 N–H and O–H groups in total. The van der Waals surface area contributed by atoms with Crippen LogP contribution in [0.2, 0.25) is 0 Å². The van der Waals surface area contributed by atoms with Crippen LogP contribution in [0.25, 0.3) is 0 Å². The van der Waals surface area contributed by atoms with Crippen molar-refractivity contribution in [3.8, 4) is 0 Å². The maximum absolute atomic E-state index is 12.0. The SMILES string of the molecule is CC(C)OCCN(C)C1(CN)CCCC1S(C)(=O)=O. The number of rotatable bonds is 7. The lowest BCUT2D eigenvalue weighted by atomic mass is 9.95. The summed E-state index contributed by atoms with van der Waals surface area (Å²) in [6.45, 7) is 5.68. The van der Waals surface area contributed by atoms with Crippen LogP contribution in [0.3, 0.4) is 0 Å². The number of hydrogen-bond acceptors (Lipinski definition) is 5. The minimum Gasteiger partial charge on any atom is -0.377 e. The molecule has 1 rings (SSSR count). The molecule has 0 radical (unpaired) electrons. The molecule has 1 saturated carbocycles. The third-order valence-electron chi connectivity index (χ3n) is 4.18. The van der Waals surface area contributed by atoms with E-state index in [2.05, 4.69) is 4.90 Å². The molecule has 0 aromatic rings. The van der Waals surface area contributed by atoms with Gasteiger partial charge in [-0.1, -0.05) is 6.42 Å². The van der Waals surface area contributed by atoms with E-state index < -0.39 is 15.4 Å². The highest BCUT2D eigenvalue weighted by molar-refractivity contribution is 7.91. The first kappa shape index (κ1) is 16.9. The van der Waals surface area contributed by atoms with Crippen LogP contribution in [0.15, 0.2) is 0 Å². The lowest BCUT2D eigenvalue weighted by Gasteiger charge is -2.42. The zero-order valence-corrected chi connectivity index (χ0v) is 13.4. The smallest absolute Gasteiger partial charge is 0.152 e. The number of nitrogens with two attached hydrogens (primary N) is 1. The predicted octanol–water partition coefficient (Wildman–Crippen LogP) is 0.638. The molecule has 0 heterocycles. The van der Waals surface area contributed by atoms with Gasteiger partial charge in [0.1, 0.15) is 0 Å². The van der Waals surface area contributed by atoms with Gasteiger partial charge >= 0.3 is 0 Å². The van der Waals surface area contributed by atoms with Crippen LogP contribution < -0.4 is 5.73 Å². The van der Waals surface area contributed by atoms with Crippen molar-refractivity contribution in [3.05, 3.63) is 0 Å². The highest BCUT2D eigenvalue weighted by Crippen LogP contribution is 2.38. The molecule has 114 valence electrons. The summed E-state index contributed by atoms with van der Waals surface area (Å²) in [7, 11) is -1.11. The Kier molecular flexibility index (Phi) is 5.79. The molecule has 19 heavy (non-hydrogen) atoms. The molecule has 0 bridgehead atoms. The lowest BCUT2D eigenvalue weighted by molar-refractivity contribution is 0.0371. The zero-order chi connectivity index (χ0) is 14.7. The second-order valence-corrected chi connectivity index (χ2v) is 8.09. The van der Waals surface area contributed by atoms with E-state index in [1.54, 1.807) is 0 Å². The fourth-order valence-corrected chi connectivity index (χ4v) is 4.90. The Morgan fingerprint density at radius 1 is 1.47 bits per heavy atom. The van der Waals surface area contributed by atoms with Crippen LogP contribution in [0.1, 0.15) is 33.1 Å². The Labute approximate surface area is 117 Å². The Morgan fingerprint density at radius 3 is 2.58 bits per heavy atom. The fraction of sp³-hybridized carbons (Fsp3) is 1.00. The van der Waals surface area contributed by atoms with Crippen LogP contribution in [-0.2, 0) is 14.6 Å². The quantitative estimate of drug-likeness (QED) is 0.745. The largest absolute Gasteiger partial charge is 0.377 e. The fourth-order valence-electron chi connectivity index (χ4n) is 3.11. The molecule has 5 nitrogen and oxygen atoms in total. The number of sulfone groups is 1. The second kappa shape index (κ2) is 6.52. The van der Waals surface area contributed by atoms with Crippen LogP contribution in [0, 0.1) is 0 Å². The molecule has 0 amide bonds. The number of hydrogen-bond donors (Lipinski definition) is 1. The van der Waals surface area contributed by atoms with Crippen molar-refractivity contribution >= 4 is 9.84 Å². The highest BCUT2D eigenvalue weighted by atomic mass is 32.2. The summed E-state index contributed by atoms with van der Waals surface area (Å²) in [5, 5.41) is -0.353. The molecule has 0 aromatic carbocycles. The minimum atomic E-state index is -3.07. The van der Waals surface area contributed by atoms with E-state index in [4.69, 9.17) is 10.5 Å². The molecule has 1 aliphatic rings. The van der Waals surface area contributed by atoms with Crippen LogP contribution in [-0.4, -0.2) is 63.2 Å². The van der Waals surface area contributed by atoms with Crippen LogP contribution >= 0.6 is 0 Å². The van der Waals surface area contributed by atoms with Crippen LogP contribution in [0.4, 0.5) is 0 Å². The van der Waals surface area contributed by atoms with Crippen molar-refractivity contribution in [2.24, 2.45) is 5.73 Å². The van der Waals surface area contributed by atoms with E-state index >= 15 is 0 Å². The number of ether oxygens (including phenoxy) is 1. The van der Waals surface area contributed by atoms with E-state index in [1.807, 2.05) is 20.9 Å². The van der Waals surface area contributed by atoms with Gasteiger partial charge in [0.05, 0.1) is 18.0 Å². The van der Waals surface area contributed by atoms with Gasteiger partial charge in [-0.25, -0.2) is 8.42 Å². The van der Waals surface area contributed by atoms with Gasteiger partial charge in [-0.05, 0) is 33.7 Å².